The van der Waals surface area contributed by atoms with Crippen LogP contribution in [0.5, 0.6) is 0 Å². The first-order valence-corrected chi connectivity index (χ1v) is 10.8. The fraction of sp³-hybridized carbons (Fsp3) is 0.545. The lowest BCUT2D eigenvalue weighted by atomic mass is 9.95. The maximum Gasteiger partial charge on any atom is 0.317 e. The van der Waals surface area contributed by atoms with Gasteiger partial charge in [-0.2, -0.15) is 0 Å². The van der Waals surface area contributed by atoms with Crippen molar-refractivity contribution >= 4 is 23.8 Å². The lowest BCUT2D eigenvalue weighted by Gasteiger charge is -2.34. The van der Waals surface area contributed by atoms with Gasteiger partial charge in [-0.15, -0.1) is 0 Å². The van der Waals surface area contributed by atoms with Crippen LogP contribution in [0.4, 0.5) is 4.79 Å². The third-order valence-corrected chi connectivity index (χ3v) is 6.40. The second kappa shape index (κ2) is 8.45. The van der Waals surface area contributed by atoms with Gasteiger partial charge in [0.2, 0.25) is 0 Å². The Hall–Kier alpha value is -2.90. The molecule has 8 heteroatoms. The van der Waals surface area contributed by atoms with Crippen LogP contribution in [0, 0.1) is 0 Å². The van der Waals surface area contributed by atoms with E-state index in [2.05, 4.69) is 10.6 Å². The second-order valence-corrected chi connectivity index (χ2v) is 8.45. The summed E-state index contributed by atoms with van der Waals surface area (Å²) >= 11 is 0. The van der Waals surface area contributed by atoms with E-state index in [1.165, 1.54) is 38.4 Å². The Morgan fingerprint density at radius 3 is 2.20 bits per heavy atom. The zero-order chi connectivity index (χ0) is 21.3. The normalized spacial score (nSPS) is 20.3. The van der Waals surface area contributed by atoms with Gasteiger partial charge in [0.25, 0.3) is 17.7 Å². The Morgan fingerprint density at radius 1 is 0.867 bits per heavy atom. The summed E-state index contributed by atoms with van der Waals surface area (Å²) in [5, 5.41) is 6.14. The van der Waals surface area contributed by atoms with Crippen molar-refractivity contribution < 1.29 is 19.2 Å². The van der Waals surface area contributed by atoms with Gasteiger partial charge in [-0.3, -0.25) is 19.3 Å². The molecule has 0 radical (unpaired) electrons. The van der Waals surface area contributed by atoms with Gasteiger partial charge in [-0.05, 0) is 43.9 Å². The number of urea groups is 1. The van der Waals surface area contributed by atoms with Crippen molar-refractivity contribution in [2.75, 3.05) is 20.1 Å². The molecule has 0 bridgehead atoms. The van der Waals surface area contributed by atoms with E-state index < -0.39 is 0 Å². The van der Waals surface area contributed by atoms with E-state index in [4.69, 9.17) is 0 Å². The summed E-state index contributed by atoms with van der Waals surface area (Å²) in [5.41, 5.74) is 0.961. The van der Waals surface area contributed by atoms with Crippen molar-refractivity contribution in [3.63, 3.8) is 0 Å². The standard InChI is InChI=1S/C22H28N4O4/c1-25-20(28)17-8-7-14(13-18(17)21(25)29)19(27)23-16-9-11-26(12-10-16)22(30)24-15-5-3-2-4-6-15/h7-8,13,15-16H,2-6,9-12H2,1H3,(H,23,27)(H,24,30). The highest BCUT2D eigenvalue weighted by molar-refractivity contribution is 6.21. The monoisotopic (exact) mass is 412 g/mol. The number of hydrogen-bond acceptors (Lipinski definition) is 4. The first-order valence-electron chi connectivity index (χ1n) is 10.8. The van der Waals surface area contributed by atoms with Crippen LogP contribution in [0.2, 0.25) is 0 Å². The molecule has 2 aliphatic heterocycles. The molecule has 0 atom stereocenters. The number of carbonyl (C=O) groups excluding carboxylic acids is 4. The Labute approximate surface area is 176 Å². The van der Waals surface area contributed by atoms with Gasteiger partial charge in [0, 0.05) is 37.8 Å². The number of rotatable bonds is 3. The third-order valence-electron chi connectivity index (χ3n) is 6.40. The number of likely N-dealkylation sites (tertiary alicyclic amines) is 1. The number of benzene rings is 1. The summed E-state index contributed by atoms with van der Waals surface area (Å²) in [4.78, 5) is 52.1. The van der Waals surface area contributed by atoms with Gasteiger partial charge in [-0.1, -0.05) is 19.3 Å². The van der Waals surface area contributed by atoms with Crippen molar-refractivity contribution in [3.05, 3.63) is 34.9 Å². The van der Waals surface area contributed by atoms with Gasteiger partial charge >= 0.3 is 6.03 Å². The quantitative estimate of drug-likeness (QED) is 0.743. The van der Waals surface area contributed by atoms with Crippen molar-refractivity contribution in [2.45, 2.75) is 57.0 Å². The predicted octanol–water partition coefficient (Wildman–Crippen LogP) is 2.15. The molecule has 4 rings (SSSR count). The van der Waals surface area contributed by atoms with Gasteiger partial charge in [0.05, 0.1) is 11.1 Å². The number of nitrogens with zero attached hydrogens (tertiary/aromatic N) is 2. The summed E-state index contributed by atoms with van der Waals surface area (Å²) in [7, 11) is 1.43. The van der Waals surface area contributed by atoms with Gasteiger partial charge in [0.15, 0.2) is 0 Å². The second-order valence-electron chi connectivity index (χ2n) is 8.45. The van der Waals surface area contributed by atoms with Crippen molar-refractivity contribution in [1.29, 1.82) is 0 Å². The minimum atomic E-state index is -0.387. The topological polar surface area (TPSA) is 98.8 Å². The Bertz CT molecular complexity index is 870. The summed E-state index contributed by atoms with van der Waals surface area (Å²) in [6.07, 6.45) is 7.11. The minimum absolute atomic E-state index is 0.00222. The van der Waals surface area contributed by atoms with E-state index in [-0.39, 0.29) is 41.4 Å². The Morgan fingerprint density at radius 2 is 1.50 bits per heavy atom. The first-order chi connectivity index (χ1) is 14.4. The molecular weight excluding hydrogens is 384 g/mol. The van der Waals surface area contributed by atoms with Crippen molar-refractivity contribution in [3.8, 4) is 0 Å². The van der Waals surface area contributed by atoms with Crippen molar-refractivity contribution in [2.24, 2.45) is 0 Å². The van der Waals surface area contributed by atoms with E-state index in [9.17, 15) is 19.2 Å². The summed E-state index contributed by atoms with van der Waals surface area (Å²) in [6, 6.07) is 4.86. The van der Waals surface area contributed by atoms with Gasteiger partial charge < -0.3 is 15.5 Å². The highest BCUT2D eigenvalue weighted by Crippen LogP contribution is 2.23. The lowest BCUT2D eigenvalue weighted by Crippen LogP contribution is -2.51. The van der Waals surface area contributed by atoms with Crippen LogP contribution in [0.1, 0.15) is 76.0 Å². The number of imide groups is 1. The number of carbonyl (C=O) groups is 4. The van der Waals surface area contributed by atoms with Crippen LogP contribution in [-0.2, 0) is 0 Å². The number of hydrogen-bond donors (Lipinski definition) is 2. The molecule has 5 amide bonds. The van der Waals surface area contributed by atoms with Crippen LogP contribution in [0.25, 0.3) is 0 Å². The molecule has 1 aliphatic carbocycles. The maximum absolute atomic E-state index is 12.6. The smallest absolute Gasteiger partial charge is 0.317 e. The predicted molar refractivity (Wildman–Crippen MR) is 110 cm³/mol. The number of amides is 5. The average Bonchev–Trinajstić information content (AvgIpc) is 2.98. The van der Waals surface area contributed by atoms with Crippen LogP contribution >= 0.6 is 0 Å². The molecule has 0 aromatic heterocycles. The minimum Gasteiger partial charge on any atom is -0.349 e. The van der Waals surface area contributed by atoms with E-state index in [1.807, 2.05) is 4.90 Å². The molecule has 1 aromatic rings. The molecule has 0 unspecified atom stereocenters. The molecule has 160 valence electrons. The number of piperidine rings is 1. The molecule has 1 saturated heterocycles. The van der Waals surface area contributed by atoms with E-state index >= 15 is 0 Å². The molecule has 2 N–H and O–H groups in total. The van der Waals surface area contributed by atoms with Crippen LogP contribution in [-0.4, -0.2) is 65.8 Å². The highest BCUT2D eigenvalue weighted by Gasteiger charge is 2.33. The molecule has 3 aliphatic rings. The van der Waals surface area contributed by atoms with Gasteiger partial charge in [0.1, 0.15) is 0 Å². The van der Waals surface area contributed by atoms with Crippen molar-refractivity contribution in [1.82, 2.24) is 20.4 Å². The summed E-state index contributed by atoms with van der Waals surface area (Å²) in [5.74, 6) is -1.000. The molecule has 2 fully saturated rings. The largest absolute Gasteiger partial charge is 0.349 e. The number of fused-ring (bicyclic) bond motifs is 1. The SMILES string of the molecule is CN1C(=O)c2ccc(C(=O)NC3CCN(C(=O)NC4CCCCC4)CC3)cc2C1=O. The lowest BCUT2D eigenvalue weighted by molar-refractivity contribution is 0.0692. The van der Waals surface area contributed by atoms with Crippen LogP contribution in [0.15, 0.2) is 18.2 Å². The Kier molecular flexibility index (Phi) is 5.74. The zero-order valence-electron chi connectivity index (χ0n) is 17.3. The highest BCUT2D eigenvalue weighted by atomic mass is 16.2. The molecule has 30 heavy (non-hydrogen) atoms. The average molecular weight is 412 g/mol. The molecular formula is C22H28N4O4. The van der Waals surface area contributed by atoms with Crippen LogP contribution in [0.3, 0.4) is 0 Å². The number of nitrogens with one attached hydrogen (secondary N) is 2. The third kappa shape index (κ3) is 4.04. The van der Waals surface area contributed by atoms with E-state index in [1.54, 1.807) is 6.07 Å². The van der Waals surface area contributed by atoms with Gasteiger partial charge in [-0.25, -0.2) is 4.79 Å². The van der Waals surface area contributed by atoms with E-state index in [0.29, 0.717) is 37.1 Å². The summed E-state index contributed by atoms with van der Waals surface area (Å²) in [6.45, 7) is 1.21. The molecule has 1 aromatic carbocycles. The Balaban J connectivity index is 1.29. The zero-order valence-corrected chi connectivity index (χ0v) is 17.3. The molecule has 1 saturated carbocycles. The molecule has 8 nitrogen and oxygen atoms in total. The fourth-order valence-corrected chi connectivity index (χ4v) is 4.51. The first kappa shape index (κ1) is 20.4. The molecule has 2 heterocycles. The van der Waals surface area contributed by atoms with E-state index in [0.717, 1.165) is 17.7 Å². The maximum atomic E-state index is 12.6. The fourth-order valence-electron chi connectivity index (χ4n) is 4.51. The van der Waals surface area contributed by atoms with Crippen LogP contribution < -0.4 is 10.6 Å². The summed E-state index contributed by atoms with van der Waals surface area (Å²) < 4.78 is 0. The molecule has 0 spiro atoms.